The molecule has 3 aromatic rings. The van der Waals surface area contributed by atoms with Crippen LogP contribution in [0.15, 0.2) is 46.6 Å². The molecule has 0 aliphatic rings. The average Bonchev–Trinajstić information content (AvgIpc) is 2.68. The van der Waals surface area contributed by atoms with Gasteiger partial charge in [-0.3, -0.25) is 4.99 Å². The number of nitrogens with zero attached hydrogens (tertiary/aromatic N) is 4. The molecule has 3 rings (SSSR count). The third-order valence-corrected chi connectivity index (χ3v) is 4.70. The lowest BCUT2D eigenvalue weighted by atomic mass is 10.1. The Morgan fingerprint density at radius 3 is 2.79 bits per heavy atom. The summed E-state index contributed by atoms with van der Waals surface area (Å²) >= 11 is 3.48. The second-order valence-electron chi connectivity index (χ2n) is 6.52. The number of aromatic nitrogens is 2. The Morgan fingerprint density at radius 2 is 2.10 bits per heavy atom. The van der Waals surface area contributed by atoms with Crippen LogP contribution < -0.4 is 10.1 Å². The van der Waals surface area contributed by atoms with E-state index in [4.69, 9.17) is 4.74 Å². The number of likely N-dealkylation sites (N-methyl/N-ethyl adjacent to an activating group) is 1. The van der Waals surface area contributed by atoms with Gasteiger partial charge in [0.1, 0.15) is 24.5 Å². The first-order valence-corrected chi connectivity index (χ1v) is 9.64. The van der Waals surface area contributed by atoms with Gasteiger partial charge in [-0.05, 0) is 45.1 Å². The fraction of sp³-hybridized carbons (Fsp3) is 0.190. The van der Waals surface area contributed by atoms with Gasteiger partial charge >= 0.3 is 0 Å². The lowest BCUT2D eigenvalue weighted by molar-refractivity contribution is 0.263. The van der Waals surface area contributed by atoms with E-state index in [0.29, 0.717) is 34.8 Å². The van der Waals surface area contributed by atoms with Crippen LogP contribution in [0, 0.1) is 5.82 Å². The minimum atomic E-state index is -0.483. The highest BCUT2D eigenvalue weighted by molar-refractivity contribution is 9.10. The number of hydrogen-bond donors (Lipinski definition) is 1. The van der Waals surface area contributed by atoms with E-state index >= 15 is 0 Å². The van der Waals surface area contributed by atoms with Gasteiger partial charge in [0.2, 0.25) is 0 Å². The molecule has 0 atom stereocenters. The highest BCUT2D eigenvalue weighted by Crippen LogP contribution is 2.36. The van der Waals surface area contributed by atoms with Crippen molar-refractivity contribution < 1.29 is 9.13 Å². The monoisotopic (exact) mass is 457 g/mol. The fourth-order valence-electron chi connectivity index (χ4n) is 2.81. The smallest absolute Gasteiger partial charge is 0.156 e. The third kappa shape index (κ3) is 4.60. The summed E-state index contributed by atoms with van der Waals surface area (Å²) < 4.78 is 21.8. The number of fused-ring (bicyclic) bond motifs is 1. The molecule has 1 heterocycles. The normalized spacial score (nSPS) is 10.9. The fourth-order valence-corrected chi connectivity index (χ4v) is 3.23. The standard InChI is InChI=1S/C21H21BrFN5O/c1-5-14-15(24-2)6-7-16(20(14)23)27-21-19-17(25-12-26-21)10-13(22)11-18(19)29-9-8-28(3)4/h5-7,10-12H,1-2,8-9H2,3-4H3,(H,25,26,27). The van der Waals surface area contributed by atoms with Crippen molar-refractivity contribution in [2.45, 2.75) is 0 Å². The highest BCUT2D eigenvalue weighted by atomic mass is 79.9. The maximum atomic E-state index is 15.0. The van der Waals surface area contributed by atoms with Gasteiger partial charge in [-0.15, -0.1) is 0 Å². The van der Waals surface area contributed by atoms with E-state index in [2.05, 4.69) is 49.5 Å². The van der Waals surface area contributed by atoms with Gasteiger partial charge in [0.25, 0.3) is 0 Å². The van der Waals surface area contributed by atoms with Crippen LogP contribution in [-0.2, 0) is 0 Å². The van der Waals surface area contributed by atoms with Crippen molar-refractivity contribution in [2.24, 2.45) is 4.99 Å². The van der Waals surface area contributed by atoms with E-state index in [9.17, 15) is 4.39 Å². The van der Waals surface area contributed by atoms with Gasteiger partial charge in [0, 0.05) is 16.6 Å². The van der Waals surface area contributed by atoms with Crippen molar-refractivity contribution in [1.82, 2.24) is 14.9 Å². The first-order valence-electron chi connectivity index (χ1n) is 8.85. The SMILES string of the molecule is C=Cc1c(N=C)ccc(Nc2ncnc3cc(Br)cc(OCCN(C)C)c23)c1F. The molecule has 0 unspecified atom stereocenters. The largest absolute Gasteiger partial charge is 0.491 e. The molecule has 0 fully saturated rings. The van der Waals surface area contributed by atoms with E-state index in [-0.39, 0.29) is 11.3 Å². The number of benzene rings is 2. The zero-order valence-corrected chi connectivity index (χ0v) is 17.8. The molecular weight excluding hydrogens is 437 g/mol. The van der Waals surface area contributed by atoms with Gasteiger partial charge in [-0.2, -0.15) is 0 Å². The van der Waals surface area contributed by atoms with E-state index in [0.717, 1.165) is 11.0 Å². The van der Waals surface area contributed by atoms with Crippen LogP contribution in [0.4, 0.5) is 21.6 Å². The van der Waals surface area contributed by atoms with Crippen molar-refractivity contribution in [2.75, 3.05) is 32.6 Å². The molecule has 0 spiro atoms. The topological polar surface area (TPSA) is 62.6 Å². The Hall–Kier alpha value is -2.84. The van der Waals surface area contributed by atoms with Gasteiger partial charge in [0.15, 0.2) is 5.82 Å². The van der Waals surface area contributed by atoms with Crippen molar-refractivity contribution >= 4 is 56.8 Å². The molecule has 0 aliphatic carbocycles. The summed E-state index contributed by atoms with van der Waals surface area (Å²) in [6.45, 7) is 8.36. The van der Waals surface area contributed by atoms with Gasteiger partial charge in [-0.25, -0.2) is 14.4 Å². The Kier molecular flexibility index (Phi) is 6.56. The summed E-state index contributed by atoms with van der Waals surface area (Å²) in [5.74, 6) is 0.562. The molecule has 0 radical (unpaired) electrons. The summed E-state index contributed by atoms with van der Waals surface area (Å²) in [5, 5.41) is 3.73. The van der Waals surface area contributed by atoms with Crippen LogP contribution in [0.5, 0.6) is 5.75 Å². The number of ether oxygens (including phenoxy) is 1. The molecule has 6 nitrogen and oxygen atoms in total. The highest BCUT2D eigenvalue weighted by Gasteiger charge is 2.16. The van der Waals surface area contributed by atoms with E-state index in [1.807, 2.05) is 31.1 Å². The zero-order chi connectivity index (χ0) is 21.0. The Labute approximate surface area is 177 Å². The van der Waals surface area contributed by atoms with Crippen LogP contribution in [-0.4, -0.2) is 48.8 Å². The van der Waals surface area contributed by atoms with Crippen LogP contribution in [0.2, 0.25) is 0 Å². The van der Waals surface area contributed by atoms with Gasteiger partial charge in [0.05, 0.1) is 22.3 Å². The molecule has 1 aromatic heterocycles. The minimum absolute atomic E-state index is 0.245. The lowest BCUT2D eigenvalue weighted by Crippen LogP contribution is -2.19. The number of hydrogen-bond acceptors (Lipinski definition) is 6. The van der Waals surface area contributed by atoms with E-state index in [1.165, 1.54) is 12.4 Å². The molecule has 0 aliphatic heterocycles. The zero-order valence-electron chi connectivity index (χ0n) is 16.2. The van der Waals surface area contributed by atoms with E-state index < -0.39 is 5.82 Å². The summed E-state index contributed by atoms with van der Waals surface area (Å²) in [4.78, 5) is 14.5. The van der Waals surface area contributed by atoms with E-state index in [1.54, 1.807) is 12.1 Å². The average molecular weight is 458 g/mol. The first kappa shape index (κ1) is 20.9. The number of aliphatic imine (C=N–C) groups is 1. The van der Waals surface area contributed by atoms with Crippen LogP contribution in [0.25, 0.3) is 17.0 Å². The summed E-state index contributed by atoms with van der Waals surface area (Å²) in [7, 11) is 3.94. The van der Waals surface area contributed by atoms with Gasteiger partial charge in [-0.1, -0.05) is 28.6 Å². The molecular formula is C21H21BrFN5O. The molecule has 150 valence electrons. The molecule has 0 saturated heterocycles. The van der Waals surface area contributed by atoms with Crippen LogP contribution in [0.1, 0.15) is 5.56 Å². The molecule has 0 bridgehead atoms. The molecule has 0 amide bonds. The van der Waals surface area contributed by atoms with Crippen LogP contribution in [0.3, 0.4) is 0 Å². The summed E-state index contributed by atoms with van der Waals surface area (Å²) in [6.07, 6.45) is 2.84. The quantitative estimate of drug-likeness (QED) is 0.471. The third-order valence-electron chi connectivity index (χ3n) is 4.25. The van der Waals surface area contributed by atoms with Crippen molar-refractivity contribution in [3.05, 3.63) is 53.0 Å². The molecule has 8 heteroatoms. The maximum Gasteiger partial charge on any atom is 0.156 e. The number of halogens is 2. The lowest BCUT2D eigenvalue weighted by Gasteiger charge is -2.16. The summed E-state index contributed by atoms with van der Waals surface area (Å²) in [5.41, 5.74) is 1.61. The molecule has 1 N–H and O–H groups in total. The van der Waals surface area contributed by atoms with Gasteiger partial charge < -0.3 is 15.0 Å². The Morgan fingerprint density at radius 1 is 1.31 bits per heavy atom. The van der Waals surface area contributed by atoms with Crippen molar-refractivity contribution in [1.29, 1.82) is 0 Å². The molecule has 0 saturated carbocycles. The van der Waals surface area contributed by atoms with Crippen molar-refractivity contribution in [3.63, 3.8) is 0 Å². The Bertz CT molecular complexity index is 1070. The number of nitrogens with one attached hydrogen (secondary N) is 1. The second-order valence-corrected chi connectivity index (χ2v) is 7.43. The van der Waals surface area contributed by atoms with Crippen LogP contribution >= 0.6 is 15.9 Å². The predicted molar refractivity (Wildman–Crippen MR) is 120 cm³/mol. The second kappa shape index (κ2) is 9.11. The first-order chi connectivity index (χ1) is 13.9. The Balaban J connectivity index is 2.06. The maximum absolute atomic E-state index is 15.0. The summed E-state index contributed by atoms with van der Waals surface area (Å²) in [6, 6.07) is 6.97. The molecule has 29 heavy (non-hydrogen) atoms. The minimum Gasteiger partial charge on any atom is -0.491 e. The van der Waals surface area contributed by atoms with Crippen molar-refractivity contribution in [3.8, 4) is 5.75 Å². The number of anilines is 2. The molecule has 2 aromatic carbocycles. The number of rotatable bonds is 8. The predicted octanol–water partition coefficient (Wildman–Crippen LogP) is 5.19.